The summed E-state index contributed by atoms with van der Waals surface area (Å²) in [5.41, 5.74) is 1.74. The molecular formula is C20H21NO3S. The number of nitrogens with two attached hydrogens (primary N) is 1. The lowest BCUT2D eigenvalue weighted by Gasteiger charge is -2.18. The van der Waals surface area contributed by atoms with Crippen molar-refractivity contribution in [1.29, 1.82) is 0 Å². The summed E-state index contributed by atoms with van der Waals surface area (Å²) in [6.45, 7) is 3.96. The second-order valence-electron chi connectivity index (χ2n) is 6.20. The van der Waals surface area contributed by atoms with E-state index in [-0.39, 0.29) is 11.0 Å². The van der Waals surface area contributed by atoms with Crippen LogP contribution in [0.5, 0.6) is 5.75 Å². The van der Waals surface area contributed by atoms with Crippen molar-refractivity contribution < 1.29 is 13.2 Å². The first-order valence-electron chi connectivity index (χ1n) is 8.12. The lowest BCUT2D eigenvalue weighted by atomic mass is 10.0. The van der Waals surface area contributed by atoms with Gasteiger partial charge in [0.1, 0.15) is 5.75 Å². The molecule has 0 aliphatic carbocycles. The van der Waals surface area contributed by atoms with Gasteiger partial charge in [-0.3, -0.25) is 0 Å². The molecule has 3 aromatic rings. The molecule has 0 radical (unpaired) electrons. The number of benzene rings is 3. The van der Waals surface area contributed by atoms with Crippen LogP contribution >= 0.6 is 0 Å². The number of aryl methyl sites for hydroxylation is 1. The molecule has 4 nitrogen and oxygen atoms in total. The topological polar surface area (TPSA) is 69.4 Å². The van der Waals surface area contributed by atoms with E-state index in [0.717, 1.165) is 16.7 Å². The molecule has 0 aliphatic heterocycles. The van der Waals surface area contributed by atoms with Gasteiger partial charge < -0.3 is 4.74 Å². The number of hydrogen-bond donors (Lipinski definition) is 1. The zero-order chi connectivity index (χ0) is 18.0. The predicted molar refractivity (Wildman–Crippen MR) is 100 cm³/mol. The summed E-state index contributed by atoms with van der Waals surface area (Å²) < 4.78 is 29.6. The minimum absolute atomic E-state index is 0.153. The molecular weight excluding hydrogens is 334 g/mol. The van der Waals surface area contributed by atoms with E-state index in [0.29, 0.717) is 12.0 Å². The van der Waals surface area contributed by atoms with Gasteiger partial charge in [-0.25, -0.2) is 13.6 Å². The van der Waals surface area contributed by atoms with Gasteiger partial charge in [-0.1, -0.05) is 48.5 Å². The van der Waals surface area contributed by atoms with Crippen molar-refractivity contribution in [2.75, 3.05) is 0 Å². The Hall–Kier alpha value is -2.37. The number of sulfonamides is 1. The Morgan fingerprint density at radius 3 is 2.44 bits per heavy atom. The molecule has 0 heterocycles. The van der Waals surface area contributed by atoms with E-state index in [9.17, 15) is 8.42 Å². The van der Waals surface area contributed by atoms with Gasteiger partial charge in [0.15, 0.2) is 0 Å². The molecule has 0 saturated carbocycles. The highest BCUT2D eigenvalue weighted by atomic mass is 32.2. The largest absolute Gasteiger partial charge is 0.490 e. The summed E-state index contributed by atoms with van der Waals surface area (Å²) in [6, 6.07) is 18.9. The van der Waals surface area contributed by atoms with E-state index in [2.05, 4.69) is 12.1 Å². The van der Waals surface area contributed by atoms with Crippen LogP contribution in [0.15, 0.2) is 65.6 Å². The van der Waals surface area contributed by atoms with Crippen molar-refractivity contribution in [3.05, 3.63) is 71.8 Å². The molecule has 0 saturated heterocycles. The summed E-state index contributed by atoms with van der Waals surface area (Å²) in [7, 11) is -3.74. The minimum atomic E-state index is -3.74. The van der Waals surface area contributed by atoms with Crippen LogP contribution in [0.4, 0.5) is 0 Å². The van der Waals surface area contributed by atoms with Gasteiger partial charge in [-0.15, -0.1) is 0 Å². The summed E-state index contributed by atoms with van der Waals surface area (Å²) in [4.78, 5) is 0.153. The molecule has 0 aromatic heterocycles. The SMILES string of the molecule is Cc1c(OC(C)Cc2ccccc2S(N)(=O)=O)ccc2ccccc12. The average molecular weight is 355 g/mol. The first-order chi connectivity index (χ1) is 11.9. The van der Waals surface area contributed by atoms with Crippen molar-refractivity contribution in [2.24, 2.45) is 5.14 Å². The fourth-order valence-corrected chi connectivity index (χ4v) is 3.84. The molecule has 0 fully saturated rings. The number of fused-ring (bicyclic) bond motifs is 1. The third-order valence-electron chi connectivity index (χ3n) is 4.26. The fourth-order valence-electron chi connectivity index (χ4n) is 3.05. The smallest absolute Gasteiger partial charge is 0.238 e. The number of ether oxygens (including phenoxy) is 1. The van der Waals surface area contributed by atoms with Crippen molar-refractivity contribution in [1.82, 2.24) is 0 Å². The molecule has 130 valence electrons. The Bertz CT molecular complexity index is 1010. The van der Waals surface area contributed by atoms with Crippen molar-refractivity contribution >= 4 is 20.8 Å². The second kappa shape index (κ2) is 6.86. The summed E-state index contributed by atoms with van der Waals surface area (Å²) in [5.74, 6) is 0.805. The van der Waals surface area contributed by atoms with E-state index in [1.165, 1.54) is 11.5 Å². The molecule has 3 aromatic carbocycles. The van der Waals surface area contributed by atoms with Crippen LogP contribution in [0, 0.1) is 6.92 Å². The van der Waals surface area contributed by atoms with Gasteiger partial charge in [0, 0.05) is 6.42 Å². The monoisotopic (exact) mass is 355 g/mol. The Kier molecular flexibility index (Phi) is 4.79. The molecule has 5 heteroatoms. The van der Waals surface area contributed by atoms with Crippen LogP contribution in [0.2, 0.25) is 0 Å². The summed E-state index contributed by atoms with van der Waals surface area (Å²) in [6.07, 6.45) is 0.265. The van der Waals surface area contributed by atoms with Crippen LogP contribution in [-0.2, 0) is 16.4 Å². The highest BCUT2D eigenvalue weighted by Crippen LogP contribution is 2.28. The third-order valence-corrected chi connectivity index (χ3v) is 5.27. The van der Waals surface area contributed by atoms with Gasteiger partial charge in [0.25, 0.3) is 0 Å². The Morgan fingerprint density at radius 1 is 1.00 bits per heavy atom. The van der Waals surface area contributed by atoms with E-state index < -0.39 is 10.0 Å². The van der Waals surface area contributed by atoms with E-state index in [4.69, 9.17) is 9.88 Å². The Morgan fingerprint density at radius 2 is 1.68 bits per heavy atom. The zero-order valence-electron chi connectivity index (χ0n) is 14.3. The quantitative estimate of drug-likeness (QED) is 0.757. The number of primary sulfonamides is 1. The maximum Gasteiger partial charge on any atom is 0.238 e. The molecule has 0 aliphatic rings. The zero-order valence-corrected chi connectivity index (χ0v) is 15.1. The molecule has 2 N–H and O–H groups in total. The lowest BCUT2D eigenvalue weighted by Crippen LogP contribution is -2.20. The fraction of sp³-hybridized carbons (Fsp3) is 0.200. The highest BCUT2D eigenvalue weighted by molar-refractivity contribution is 7.89. The number of rotatable bonds is 5. The van der Waals surface area contributed by atoms with Crippen LogP contribution in [0.25, 0.3) is 10.8 Å². The molecule has 0 spiro atoms. The lowest BCUT2D eigenvalue weighted by molar-refractivity contribution is 0.220. The predicted octanol–water partition coefficient (Wildman–Crippen LogP) is 3.81. The van der Waals surface area contributed by atoms with Crippen LogP contribution in [-0.4, -0.2) is 14.5 Å². The van der Waals surface area contributed by atoms with Crippen molar-refractivity contribution in [2.45, 2.75) is 31.3 Å². The molecule has 0 amide bonds. The second-order valence-corrected chi connectivity index (χ2v) is 7.73. The first-order valence-corrected chi connectivity index (χ1v) is 9.66. The highest BCUT2D eigenvalue weighted by Gasteiger charge is 2.16. The van der Waals surface area contributed by atoms with E-state index in [1.54, 1.807) is 18.2 Å². The van der Waals surface area contributed by atoms with Crippen LogP contribution in [0.3, 0.4) is 0 Å². The molecule has 3 rings (SSSR count). The average Bonchev–Trinajstić information content (AvgIpc) is 2.57. The van der Waals surface area contributed by atoms with Gasteiger partial charge in [-0.05, 0) is 47.9 Å². The minimum Gasteiger partial charge on any atom is -0.490 e. The van der Waals surface area contributed by atoms with Gasteiger partial charge in [0.05, 0.1) is 11.0 Å². The summed E-state index contributed by atoms with van der Waals surface area (Å²) in [5, 5.41) is 7.62. The Balaban J connectivity index is 1.85. The number of hydrogen-bond acceptors (Lipinski definition) is 3. The maximum atomic E-state index is 11.7. The van der Waals surface area contributed by atoms with E-state index in [1.807, 2.05) is 38.1 Å². The van der Waals surface area contributed by atoms with Gasteiger partial charge >= 0.3 is 0 Å². The normalized spacial score (nSPS) is 12.9. The summed E-state index contributed by atoms with van der Waals surface area (Å²) >= 11 is 0. The third kappa shape index (κ3) is 3.83. The molecule has 1 unspecified atom stereocenters. The van der Waals surface area contributed by atoms with Crippen LogP contribution < -0.4 is 9.88 Å². The van der Waals surface area contributed by atoms with Crippen LogP contribution in [0.1, 0.15) is 18.1 Å². The molecule has 0 bridgehead atoms. The van der Waals surface area contributed by atoms with Crippen molar-refractivity contribution in [3.63, 3.8) is 0 Å². The molecule has 25 heavy (non-hydrogen) atoms. The maximum absolute atomic E-state index is 11.7. The van der Waals surface area contributed by atoms with Gasteiger partial charge in [-0.2, -0.15) is 0 Å². The van der Waals surface area contributed by atoms with E-state index >= 15 is 0 Å². The Labute approximate surface area is 148 Å². The molecule has 1 atom stereocenters. The van der Waals surface area contributed by atoms with Crippen molar-refractivity contribution in [3.8, 4) is 5.75 Å². The standard InChI is InChI=1S/C20H21NO3S/c1-14(13-17-8-4-6-10-20(17)25(21,22)23)24-19-12-11-16-7-3-5-9-18(16)15(19)2/h3-12,14H,13H2,1-2H3,(H2,21,22,23). The first kappa shape index (κ1) is 17.5. The van der Waals surface area contributed by atoms with Gasteiger partial charge in [0.2, 0.25) is 10.0 Å².